The van der Waals surface area contributed by atoms with Crippen molar-refractivity contribution < 1.29 is 34.5 Å². The summed E-state index contributed by atoms with van der Waals surface area (Å²) in [6, 6.07) is 31.2. The average Bonchev–Trinajstić information content (AvgIpc) is 3.13. The molecule has 0 aliphatic carbocycles. The molecular weight excluding hydrogens is 604 g/mol. The second-order valence-corrected chi connectivity index (χ2v) is 11.1. The van der Waals surface area contributed by atoms with Crippen molar-refractivity contribution in [3.63, 3.8) is 0 Å². The number of hydrogen-bond donors (Lipinski definition) is 2. The molecule has 7 heteroatoms. The zero-order valence-electron chi connectivity index (χ0n) is 28.2. The second kappa shape index (κ2) is 21.4. The molecular formula is C41H48O7. The molecule has 0 aliphatic heterocycles. The van der Waals surface area contributed by atoms with E-state index in [1.54, 1.807) is 13.2 Å². The van der Waals surface area contributed by atoms with Gasteiger partial charge in [0.25, 0.3) is 0 Å². The highest BCUT2D eigenvalue weighted by molar-refractivity contribution is 5.76. The van der Waals surface area contributed by atoms with Crippen LogP contribution in [0.1, 0.15) is 31.7 Å². The van der Waals surface area contributed by atoms with Crippen LogP contribution in [0.3, 0.4) is 0 Å². The minimum Gasteiger partial charge on any atom is -0.491 e. The number of unbranched alkanes of at least 4 members (excludes halogenated alkanes) is 2. The summed E-state index contributed by atoms with van der Waals surface area (Å²) in [4.78, 5) is 10.2. The Kier molecular flexibility index (Phi) is 16.9. The third kappa shape index (κ3) is 12.6. The Bertz CT molecular complexity index is 1580. The summed E-state index contributed by atoms with van der Waals surface area (Å²) in [7, 11) is 1.67. The Morgan fingerprint density at radius 2 is 1.38 bits per heavy atom. The number of ether oxygens (including phenoxy) is 2. The van der Waals surface area contributed by atoms with Crippen LogP contribution >= 0.6 is 0 Å². The van der Waals surface area contributed by atoms with E-state index < -0.39 is 0 Å². The van der Waals surface area contributed by atoms with Gasteiger partial charge >= 0.3 is 0 Å². The highest BCUT2D eigenvalue weighted by Crippen LogP contribution is 2.33. The number of methoxy groups -OCH3 is 1. The van der Waals surface area contributed by atoms with Crippen LogP contribution in [0.5, 0.6) is 11.5 Å². The van der Waals surface area contributed by atoms with Crippen molar-refractivity contribution >= 4 is 0 Å². The van der Waals surface area contributed by atoms with Crippen LogP contribution in [0, 0.1) is 0 Å². The molecule has 0 amide bonds. The van der Waals surface area contributed by atoms with Gasteiger partial charge in [-0.25, -0.2) is 0 Å². The van der Waals surface area contributed by atoms with E-state index in [-0.39, 0.29) is 19.8 Å². The van der Waals surface area contributed by atoms with Gasteiger partial charge in [0.2, 0.25) is 0 Å². The van der Waals surface area contributed by atoms with Gasteiger partial charge in [-0.3, -0.25) is 0 Å². The molecule has 0 spiro atoms. The predicted octanol–water partition coefficient (Wildman–Crippen LogP) is 8.96. The summed E-state index contributed by atoms with van der Waals surface area (Å²) >= 11 is 0. The van der Waals surface area contributed by atoms with Crippen LogP contribution in [0.25, 0.3) is 33.4 Å². The van der Waals surface area contributed by atoms with Crippen molar-refractivity contribution in [3.05, 3.63) is 134 Å². The monoisotopic (exact) mass is 652 g/mol. The van der Waals surface area contributed by atoms with Crippen LogP contribution in [0.2, 0.25) is 0 Å². The van der Waals surface area contributed by atoms with Gasteiger partial charge in [-0.05, 0) is 92.2 Å². The molecule has 0 heterocycles. The third-order valence-electron chi connectivity index (χ3n) is 7.40. The van der Waals surface area contributed by atoms with E-state index in [1.165, 1.54) is 35.6 Å². The molecule has 0 unspecified atom stereocenters. The van der Waals surface area contributed by atoms with Crippen molar-refractivity contribution in [1.29, 1.82) is 0 Å². The lowest BCUT2D eigenvalue weighted by molar-refractivity contribution is -0.462. The van der Waals surface area contributed by atoms with E-state index >= 15 is 0 Å². The van der Waals surface area contributed by atoms with Crippen LogP contribution in [-0.4, -0.2) is 50.4 Å². The molecule has 0 atom stereocenters. The molecule has 4 aromatic rings. The SMILES string of the molecule is C=C(CO)COOOc1cccc(-c2ccc(-c3ccc(-c4cccc(OCCOC)c4)cc3)c(CCCCC)c2)c1.C=CC(=C)CO. The van der Waals surface area contributed by atoms with Crippen molar-refractivity contribution in [3.8, 4) is 44.9 Å². The smallest absolute Gasteiger partial charge is 0.169 e. The highest BCUT2D eigenvalue weighted by Gasteiger charge is 2.10. The summed E-state index contributed by atoms with van der Waals surface area (Å²) in [6.07, 6.45) is 6.02. The van der Waals surface area contributed by atoms with Gasteiger partial charge in [0.1, 0.15) is 19.0 Å². The molecule has 0 aliphatic rings. The maximum atomic E-state index is 9.01. The Morgan fingerprint density at radius 1 is 0.729 bits per heavy atom. The van der Waals surface area contributed by atoms with E-state index in [0.717, 1.165) is 40.8 Å². The Balaban J connectivity index is 0.000000952. The molecule has 48 heavy (non-hydrogen) atoms. The molecule has 2 N–H and O–H groups in total. The third-order valence-corrected chi connectivity index (χ3v) is 7.40. The lowest BCUT2D eigenvalue weighted by atomic mass is 9.91. The maximum Gasteiger partial charge on any atom is 0.169 e. The molecule has 0 saturated heterocycles. The second-order valence-electron chi connectivity index (χ2n) is 11.1. The van der Waals surface area contributed by atoms with Crippen LogP contribution in [-0.2, 0) is 21.1 Å². The van der Waals surface area contributed by atoms with E-state index in [0.29, 0.717) is 30.1 Å². The number of aliphatic hydroxyl groups excluding tert-OH is 2. The quantitative estimate of drug-likeness (QED) is 0.0344. The van der Waals surface area contributed by atoms with Crippen molar-refractivity contribution in [2.45, 2.75) is 32.6 Å². The predicted molar refractivity (Wildman–Crippen MR) is 194 cm³/mol. The van der Waals surface area contributed by atoms with Crippen molar-refractivity contribution in [2.24, 2.45) is 0 Å². The number of benzene rings is 4. The molecule has 0 aromatic heterocycles. The Hall–Kier alpha value is -4.50. The topological polar surface area (TPSA) is 86.6 Å². The standard InChI is InChI=1S/C36H40O6.C5H8O/c1-4-5-6-9-33-22-32(31-11-8-13-35(24-31)41-42-40-26-27(2)25-37)18-19-36(33)29-16-14-28(15-17-29)30-10-7-12-34(23-30)39-21-20-38-3;1-3-5(2)4-6/h7-8,10-19,22-24,37H,2,4-6,9,20-21,25-26H2,1,3H3;3,6H,1-2,4H2. The minimum absolute atomic E-state index is 0.0174. The lowest BCUT2D eigenvalue weighted by Gasteiger charge is -2.14. The van der Waals surface area contributed by atoms with Crippen LogP contribution in [0.15, 0.2) is 128 Å². The molecule has 7 nitrogen and oxygen atoms in total. The van der Waals surface area contributed by atoms with E-state index in [2.05, 4.69) is 81.3 Å². The maximum absolute atomic E-state index is 9.01. The fourth-order valence-corrected chi connectivity index (χ4v) is 4.69. The highest BCUT2D eigenvalue weighted by atomic mass is 17.5. The summed E-state index contributed by atoms with van der Waals surface area (Å²) in [5, 5.41) is 22.0. The van der Waals surface area contributed by atoms with Gasteiger partial charge in [0.05, 0.1) is 19.8 Å². The van der Waals surface area contributed by atoms with Gasteiger partial charge in [-0.2, -0.15) is 4.89 Å². The van der Waals surface area contributed by atoms with E-state index in [9.17, 15) is 0 Å². The molecule has 4 rings (SSSR count). The Morgan fingerprint density at radius 3 is 2.02 bits per heavy atom. The zero-order chi connectivity index (χ0) is 34.6. The molecule has 4 aromatic carbocycles. The van der Waals surface area contributed by atoms with E-state index in [1.807, 2.05) is 30.3 Å². The normalized spacial score (nSPS) is 10.5. The van der Waals surface area contributed by atoms with Crippen LogP contribution < -0.4 is 9.62 Å². The number of hydrogen-bond acceptors (Lipinski definition) is 7. The minimum atomic E-state index is -0.168. The fraction of sp³-hybridized carbons (Fsp3) is 0.268. The lowest BCUT2D eigenvalue weighted by Crippen LogP contribution is -2.04. The van der Waals surface area contributed by atoms with Gasteiger partial charge < -0.3 is 24.6 Å². The van der Waals surface area contributed by atoms with Gasteiger partial charge in [0, 0.05) is 7.11 Å². The number of aliphatic hydroxyl groups is 2. The number of aryl methyl sites for hydroxylation is 1. The van der Waals surface area contributed by atoms with E-state index in [4.69, 9.17) is 34.5 Å². The number of rotatable bonds is 19. The first-order valence-electron chi connectivity index (χ1n) is 16.1. The summed E-state index contributed by atoms with van der Waals surface area (Å²) in [6.45, 7) is 13.7. The zero-order valence-corrected chi connectivity index (χ0v) is 28.2. The van der Waals surface area contributed by atoms with Gasteiger partial charge in [-0.1, -0.05) is 112 Å². The largest absolute Gasteiger partial charge is 0.491 e. The first-order valence-corrected chi connectivity index (χ1v) is 16.1. The molecule has 0 radical (unpaired) electrons. The first-order chi connectivity index (χ1) is 23.4. The van der Waals surface area contributed by atoms with Gasteiger partial charge in [0.15, 0.2) is 5.75 Å². The molecule has 0 saturated carbocycles. The molecule has 0 fully saturated rings. The van der Waals surface area contributed by atoms with Crippen LogP contribution in [0.4, 0.5) is 0 Å². The molecule has 254 valence electrons. The molecule has 0 bridgehead atoms. The fourth-order valence-electron chi connectivity index (χ4n) is 4.69. The summed E-state index contributed by atoms with van der Waals surface area (Å²) < 4.78 is 10.9. The first kappa shape index (κ1) is 38.0. The van der Waals surface area contributed by atoms with Gasteiger partial charge in [-0.15, -0.1) is 0 Å². The van der Waals surface area contributed by atoms with Crippen molar-refractivity contribution in [2.75, 3.05) is 40.1 Å². The summed E-state index contributed by atoms with van der Waals surface area (Å²) in [5.74, 6) is 1.35. The Labute approximate surface area is 285 Å². The van der Waals surface area contributed by atoms with Crippen molar-refractivity contribution in [1.82, 2.24) is 0 Å². The summed E-state index contributed by atoms with van der Waals surface area (Å²) in [5.41, 5.74) is 9.28. The average molecular weight is 653 g/mol.